The summed E-state index contributed by atoms with van der Waals surface area (Å²) in [5.74, 6) is -0.284. The first kappa shape index (κ1) is 23.7. The summed E-state index contributed by atoms with van der Waals surface area (Å²) in [6, 6.07) is 17.8. The van der Waals surface area contributed by atoms with Crippen LogP contribution in [0.2, 0.25) is 0 Å². The number of para-hydroxylation sites is 1. The summed E-state index contributed by atoms with van der Waals surface area (Å²) in [5.41, 5.74) is 2.69. The van der Waals surface area contributed by atoms with Gasteiger partial charge < -0.3 is 4.74 Å². The van der Waals surface area contributed by atoms with E-state index >= 15 is 0 Å². The molecule has 2 aromatic carbocycles. The maximum absolute atomic E-state index is 11.8. The van der Waals surface area contributed by atoms with Crippen molar-refractivity contribution in [3.05, 3.63) is 60.2 Å². The maximum Gasteiger partial charge on any atom is 0.338 e. The normalized spacial score (nSPS) is 11.3. The molecule has 30 heavy (non-hydrogen) atoms. The largest absolute Gasteiger partial charge is 0.462 e. The van der Waals surface area contributed by atoms with Crippen molar-refractivity contribution < 1.29 is 14.1 Å². The molecule has 0 aliphatic rings. The van der Waals surface area contributed by atoms with E-state index in [0.717, 1.165) is 12.2 Å². The molecule has 0 fully saturated rings. The van der Waals surface area contributed by atoms with Gasteiger partial charge in [0.25, 0.3) is 0 Å². The van der Waals surface area contributed by atoms with Crippen molar-refractivity contribution in [2.45, 2.75) is 65.2 Å². The molecule has 0 unspecified atom stereocenters. The molecule has 0 saturated carbocycles. The van der Waals surface area contributed by atoms with E-state index in [1.807, 2.05) is 31.5 Å². The highest BCUT2D eigenvalue weighted by Gasteiger charge is 2.08. The number of hydrogen-bond donors (Lipinski definition) is 1. The predicted molar refractivity (Wildman–Crippen MR) is 126 cm³/mol. The minimum atomic E-state index is -0.284. The van der Waals surface area contributed by atoms with Crippen molar-refractivity contribution in [3.63, 3.8) is 0 Å². The Balaban J connectivity index is 1.90. The minimum absolute atomic E-state index is 0.284. The number of ether oxygens (including phenoxy) is 1. The molecule has 0 atom stereocenters. The Morgan fingerprint density at radius 2 is 1.50 bits per heavy atom. The number of rotatable bonds is 14. The predicted octanol–water partition coefficient (Wildman–Crippen LogP) is 6.79. The van der Waals surface area contributed by atoms with Gasteiger partial charge in [0.1, 0.15) is 11.4 Å². The zero-order chi connectivity index (χ0) is 21.4. The van der Waals surface area contributed by atoms with Crippen molar-refractivity contribution in [2.75, 3.05) is 18.5 Å². The van der Waals surface area contributed by atoms with Crippen LogP contribution >= 0.6 is 0 Å². The summed E-state index contributed by atoms with van der Waals surface area (Å²) in [4.78, 5) is 11.8. The molecule has 2 aromatic rings. The molecule has 0 amide bonds. The van der Waals surface area contributed by atoms with E-state index in [1.54, 1.807) is 12.1 Å². The fourth-order valence-electron chi connectivity index (χ4n) is 3.37. The molecule has 4 nitrogen and oxygen atoms in total. The average molecular weight is 410 g/mol. The third kappa shape index (κ3) is 8.81. The molecule has 0 spiro atoms. The van der Waals surface area contributed by atoms with Gasteiger partial charge in [-0.25, -0.2) is 14.7 Å². The lowest BCUT2D eigenvalue weighted by atomic mass is 10.1. The fraction of sp³-hybridized carbons (Fsp3) is 0.462. The van der Waals surface area contributed by atoms with Crippen LogP contribution in [0.4, 0.5) is 11.4 Å². The van der Waals surface area contributed by atoms with Gasteiger partial charge in [-0.15, -0.1) is 0 Å². The molecule has 0 saturated heterocycles. The molecule has 0 radical (unpaired) electrons. The molecule has 1 N–H and O–H groups in total. The topological polar surface area (TPSA) is 41.3 Å². The van der Waals surface area contributed by atoms with Crippen LogP contribution in [0, 0.1) is 0 Å². The van der Waals surface area contributed by atoms with Crippen molar-refractivity contribution in [1.82, 2.24) is 0 Å². The SMILES string of the molecule is CCCCCCCCCC[N+](=CNc1ccc(C(=O)OCC)cc1)c1ccccc1. The lowest BCUT2D eigenvalue weighted by molar-refractivity contribution is -0.436. The maximum atomic E-state index is 11.8. The fourth-order valence-corrected chi connectivity index (χ4v) is 3.37. The number of unbranched alkanes of at least 4 members (excludes halogenated alkanes) is 7. The summed E-state index contributed by atoms with van der Waals surface area (Å²) in [7, 11) is 0. The van der Waals surface area contributed by atoms with Crippen molar-refractivity contribution in [2.24, 2.45) is 0 Å². The Kier molecular flexibility index (Phi) is 11.3. The van der Waals surface area contributed by atoms with Crippen molar-refractivity contribution in [3.8, 4) is 0 Å². The van der Waals surface area contributed by atoms with Gasteiger partial charge in [0.15, 0.2) is 0 Å². The number of esters is 1. The van der Waals surface area contributed by atoms with Gasteiger partial charge in [0.05, 0.1) is 18.7 Å². The summed E-state index contributed by atoms with van der Waals surface area (Å²) < 4.78 is 7.30. The highest BCUT2D eigenvalue weighted by Crippen LogP contribution is 2.14. The Labute approximate surface area is 182 Å². The Hall–Kier alpha value is -2.62. The highest BCUT2D eigenvalue weighted by molar-refractivity contribution is 5.90. The van der Waals surface area contributed by atoms with Crippen molar-refractivity contribution in [1.29, 1.82) is 0 Å². The first-order chi connectivity index (χ1) is 14.7. The number of nitrogens with one attached hydrogen (secondary N) is 1. The smallest absolute Gasteiger partial charge is 0.338 e. The van der Waals surface area contributed by atoms with E-state index in [0.29, 0.717) is 12.2 Å². The van der Waals surface area contributed by atoms with Crippen LogP contribution in [-0.2, 0) is 4.74 Å². The van der Waals surface area contributed by atoms with Crippen molar-refractivity contribution >= 4 is 23.7 Å². The lowest BCUT2D eigenvalue weighted by Crippen LogP contribution is -2.14. The van der Waals surface area contributed by atoms with E-state index in [-0.39, 0.29) is 5.97 Å². The Morgan fingerprint density at radius 1 is 0.867 bits per heavy atom. The zero-order valence-corrected chi connectivity index (χ0v) is 18.6. The summed E-state index contributed by atoms with van der Waals surface area (Å²) in [5, 5.41) is 3.37. The Morgan fingerprint density at radius 3 is 2.13 bits per heavy atom. The van der Waals surface area contributed by atoms with Crippen LogP contribution in [0.1, 0.15) is 75.6 Å². The quantitative estimate of drug-likeness (QED) is 0.123. The van der Waals surface area contributed by atoms with Gasteiger partial charge in [0, 0.05) is 0 Å². The van der Waals surface area contributed by atoms with E-state index in [9.17, 15) is 4.79 Å². The van der Waals surface area contributed by atoms with Crippen LogP contribution in [-0.4, -0.2) is 30.0 Å². The van der Waals surface area contributed by atoms with Crippen LogP contribution in [0.3, 0.4) is 0 Å². The molecule has 4 heteroatoms. The summed E-state index contributed by atoms with van der Waals surface area (Å²) in [6.07, 6.45) is 12.5. The standard InChI is InChI=1S/C26H36N2O2/c1-3-5-6-7-8-9-10-14-21-28(25-15-12-11-13-16-25)22-27-24-19-17-23(18-20-24)26(29)30-4-2/h11-13,15-20,22H,3-10,14,21H2,1-2H3/p+1. The molecule has 0 bridgehead atoms. The number of anilines is 1. The molecule has 2 rings (SSSR count). The zero-order valence-electron chi connectivity index (χ0n) is 18.6. The first-order valence-electron chi connectivity index (χ1n) is 11.4. The summed E-state index contributed by atoms with van der Waals surface area (Å²) >= 11 is 0. The second-order valence-corrected chi connectivity index (χ2v) is 7.58. The number of carbonyl (C=O) groups is 1. The highest BCUT2D eigenvalue weighted by atomic mass is 16.5. The molecule has 0 aliphatic carbocycles. The van der Waals surface area contributed by atoms with Crippen LogP contribution in [0.25, 0.3) is 0 Å². The number of hydrogen-bond acceptors (Lipinski definition) is 2. The number of nitrogens with zero attached hydrogens (tertiary/aromatic N) is 1. The van der Waals surface area contributed by atoms with E-state index in [1.165, 1.54) is 57.1 Å². The first-order valence-corrected chi connectivity index (χ1v) is 11.4. The van der Waals surface area contributed by atoms with E-state index in [2.05, 4.69) is 41.1 Å². The van der Waals surface area contributed by atoms with Gasteiger partial charge in [-0.2, -0.15) is 0 Å². The van der Waals surface area contributed by atoms with Gasteiger partial charge in [0.2, 0.25) is 6.34 Å². The molecule has 0 aromatic heterocycles. The molecule has 0 aliphatic heterocycles. The monoisotopic (exact) mass is 409 g/mol. The molecular formula is C26H37N2O2+. The number of benzene rings is 2. The molecule has 162 valence electrons. The average Bonchev–Trinajstić information content (AvgIpc) is 2.78. The summed E-state index contributed by atoms with van der Waals surface area (Å²) in [6.45, 7) is 5.44. The molecule has 0 heterocycles. The second-order valence-electron chi connectivity index (χ2n) is 7.58. The minimum Gasteiger partial charge on any atom is -0.462 e. The number of carbonyl (C=O) groups excluding carboxylic acids is 1. The van der Waals surface area contributed by atoms with Crippen LogP contribution in [0.15, 0.2) is 54.6 Å². The van der Waals surface area contributed by atoms with Gasteiger partial charge >= 0.3 is 5.97 Å². The van der Waals surface area contributed by atoms with Gasteiger partial charge in [-0.05, 0) is 56.2 Å². The van der Waals surface area contributed by atoms with E-state index in [4.69, 9.17) is 4.74 Å². The third-order valence-corrected chi connectivity index (χ3v) is 5.12. The van der Waals surface area contributed by atoms with E-state index < -0.39 is 0 Å². The van der Waals surface area contributed by atoms with Gasteiger partial charge in [-0.1, -0.05) is 63.6 Å². The third-order valence-electron chi connectivity index (χ3n) is 5.12. The lowest BCUT2D eigenvalue weighted by Gasteiger charge is -2.08. The Bertz CT molecular complexity index is 754. The van der Waals surface area contributed by atoms with Gasteiger partial charge in [-0.3, -0.25) is 0 Å². The van der Waals surface area contributed by atoms with Crippen LogP contribution in [0.5, 0.6) is 0 Å². The molecular weight excluding hydrogens is 372 g/mol. The second kappa shape index (κ2) is 14.4. The van der Waals surface area contributed by atoms with Crippen LogP contribution < -0.4 is 5.32 Å².